The number of hydrogen-bond acceptors (Lipinski definition) is 10. The van der Waals surface area contributed by atoms with E-state index in [1.807, 2.05) is 31.9 Å². The van der Waals surface area contributed by atoms with E-state index in [0.29, 0.717) is 49.3 Å². The van der Waals surface area contributed by atoms with Gasteiger partial charge in [-0.3, -0.25) is 9.80 Å². The van der Waals surface area contributed by atoms with Gasteiger partial charge < -0.3 is 14.4 Å². The molecule has 2 bridgehead atoms. The van der Waals surface area contributed by atoms with Gasteiger partial charge in [-0.2, -0.15) is 9.97 Å². The first-order chi connectivity index (χ1) is 18.1. The molecule has 4 aliphatic heterocycles. The highest BCUT2D eigenvalue weighted by Crippen LogP contribution is 2.41. The number of halogens is 1. The SMILES string of the molecule is CSc1ncc2c(N3C[C@H]4CC[C@@H](C3)N4C(=O)OC(C)(C)C)nc(OC[C@@]34CCCN3C[C@H](F)C4)nc2n1. The molecule has 6 rings (SSSR count). The Kier molecular flexibility index (Phi) is 6.53. The van der Waals surface area contributed by atoms with Crippen molar-refractivity contribution in [3.05, 3.63) is 6.20 Å². The lowest BCUT2D eigenvalue weighted by molar-refractivity contribution is 0.0122. The number of ether oxygens (including phenoxy) is 2. The minimum atomic E-state index is -0.819. The fourth-order valence-corrected chi connectivity index (χ4v) is 6.94. The van der Waals surface area contributed by atoms with Gasteiger partial charge in [0, 0.05) is 32.3 Å². The maximum absolute atomic E-state index is 14.3. The van der Waals surface area contributed by atoms with Crippen LogP contribution in [0, 0.1) is 0 Å². The van der Waals surface area contributed by atoms with Crippen molar-refractivity contribution < 1.29 is 18.7 Å². The molecular weight excluding hydrogens is 509 g/mol. The van der Waals surface area contributed by atoms with Crippen LogP contribution in [0.2, 0.25) is 0 Å². The maximum atomic E-state index is 14.3. The van der Waals surface area contributed by atoms with E-state index in [9.17, 15) is 9.18 Å². The van der Waals surface area contributed by atoms with Crippen molar-refractivity contribution in [2.45, 2.75) is 87.4 Å². The van der Waals surface area contributed by atoms with E-state index in [-0.39, 0.29) is 29.7 Å². The Bertz CT molecular complexity index is 1220. The largest absolute Gasteiger partial charge is 0.461 e. The molecular formula is C26H36FN7O3S. The number of hydrogen-bond donors (Lipinski definition) is 0. The van der Waals surface area contributed by atoms with Crippen LogP contribution in [0.3, 0.4) is 0 Å². The van der Waals surface area contributed by atoms with Gasteiger partial charge in [0.2, 0.25) is 0 Å². The quantitative estimate of drug-likeness (QED) is 0.409. The zero-order chi connectivity index (χ0) is 26.7. The summed E-state index contributed by atoms with van der Waals surface area (Å²) in [5.74, 6) is 0.717. The second-order valence-corrected chi connectivity index (χ2v) is 12.7. The molecule has 0 radical (unpaired) electrons. The molecule has 2 aromatic heterocycles. The van der Waals surface area contributed by atoms with E-state index in [1.165, 1.54) is 11.8 Å². The molecule has 0 N–H and O–H groups in total. The Morgan fingerprint density at radius 2 is 1.95 bits per heavy atom. The molecule has 0 spiro atoms. The fourth-order valence-electron chi connectivity index (χ4n) is 6.61. The second kappa shape index (κ2) is 9.62. The topological polar surface area (TPSA) is 96.8 Å². The summed E-state index contributed by atoms with van der Waals surface area (Å²) in [5.41, 5.74) is -0.293. The maximum Gasteiger partial charge on any atom is 0.410 e. The van der Waals surface area contributed by atoms with Gasteiger partial charge in [-0.15, -0.1) is 0 Å². The van der Waals surface area contributed by atoms with E-state index in [4.69, 9.17) is 14.5 Å². The molecule has 206 valence electrons. The van der Waals surface area contributed by atoms with Crippen molar-refractivity contribution in [1.82, 2.24) is 29.7 Å². The number of thioether (sulfide) groups is 1. The van der Waals surface area contributed by atoms with Gasteiger partial charge in [-0.25, -0.2) is 19.2 Å². The Morgan fingerprint density at radius 3 is 2.66 bits per heavy atom. The second-order valence-electron chi connectivity index (χ2n) is 12.0. The Labute approximate surface area is 226 Å². The van der Waals surface area contributed by atoms with E-state index < -0.39 is 11.8 Å². The average molecular weight is 546 g/mol. The standard InChI is InChI=1S/C26H36FN7O3S/c1-25(2,3)37-24(35)34-17-6-7-18(34)14-32(13-17)21-19-11-28-23(38-4)30-20(19)29-22(31-21)36-15-26-8-5-9-33(26)12-16(27)10-26/h11,16-18H,5-10,12-15H2,1-4H3/t16-,17-,18+,26+/m1/s1. The lowest BCUT2D eigenvalue weighted by Crippen LogP contribution is -2.57. The van der Waals surface area contributed by atoms with Crippen molar-refractivity contribution >= 4 is 34.7 Å². The molecule has 4 fully saturated rings. The highest BCUT2D eigenvalue weighted by Gasteiger charge is 2.49. The van der Waals surface area contributed by atoms with Crippen LogP contribution in [0.4, 0.5) is 15.0 Å². The first-order valence-corrected chi connectivity index (χ1v) is 14.7. The Balaban J connectivity index is 1.28. The van der Waals surface area contributed by atoms with Gasteiger partial charge in [0.25, 0.3) is 0 Å². The minimum absolute atomic E-state index is 0.0373. The van der Waals surface area contributed by atoms with Crippen LogP contribution in [0.15, 0.2) is 11.4 Å². The summed E-state index contributed by atoms with van der Waals surface area (Å²) < 4.78 is 26.2. The summed E-state index contributed by atoms with van der Waals surface area (Å²) in [6.07, 6.45) is 6.93. The Morgan fingerprint density at radius 1 is 1.18 bits per heavy atom. The molecule has 0 saturated carbocycles. The average Bonchev–Trinajstić information content (AvgIpc) is 3.48. The van der Waals surface area contributed by atoms with E-state index in [0.717, 1.165) is 37.6 Å². The number of carbonyl (C=O) groups is 1. The van der Waals surface area contributed by atoms with Crippen molar-refractivity contribution in [1.29, 1.82) is 0 Å². The number of amides is 1. The number of aromatic nitrogens is 4. The molecule has 4 aliphatic rings. The van der Waals surface area contributed by atoms with E-state index in [1.54, 1.807) is 6.20 Å². The zero-order valence-corrected chi connectivity index (χ0v) is 23.3. The van der Waals surface area contributed by atoms with Gasteiger partial charge >= 0.3 is 12.1 Å². The van der Waals surface area contributed by atoms with Crippen molar-refractivity contribution in [3.63, 3.8) is 0 Å². The first-order valence-electron chi connectivity index (χ1n) is 13.5. The third-order valence-corrected chi connectivity index (χ3v) is 8.75. The highest BCUT2D eigenvalue weighted by atomic mass is 32.2. The predicted molar refractivity (Wildman–Crippen MR) is 143 cm³/mol. The third-order valence-electron chi connectivity index (χ3n) is 8.19. The summed E-state index contributed by atoms with van der Waals surface area (Å²) in [6.45, 7) is 8.68. The van der Waals surface area contributed by atoms with Gasteiger partial charge in [0.15, 0.2) is 10.8 Å². The van der Waals surface area contributed by atoms with Gasteiger partial charge in [0.1, 0.15) is 24.2 Å². The summed E-state index contributed by atoms with van der Waals surface area (Å²) >= 11 is 1.45. The number of fused-ring (bicyclic) bond motifs is 4. The Hall–Kier alpha value is -2.47. The predicted octanol–water partition coefficient (Wildman–Crippen LogP) is 3.69. The molecule has 0 unspecified atom stereocenters. The third kappa shape index (κ3) is 4.74. The van der Waals surface area contributed by atoms with Crippen LogP contribution in [-0.4, -0.2) is 104 Å². The number of rotatable bonds is 5. The number of alkyl halides is 1. The molecule has 38 heavy (non-hydrogen) atoms. The summed E-state index contributed by atoms with van der Waals surface area (Å²) in [4.78, 5) is 37.9. The molecule has 6 heterocycles. The molecule has 4 saturated heterocycles. The minimum Gasteiger partial charge on any atom is -0.461 e. The zero-order valence-electron chi connectivity index (χ0n) is 22.5. The van der Waals surface area contributed by atoms with E-state index >= 15 is 0 Å². The van der Waals surface area contributed by atoms with Gasteiger partial charge in [-0.1, -0.05) is 11.8 Å². The van der Waals surface area contributed by atoms with Crippen LogP contribution >= 0.6 is 11.8 Å². The molecule has 10 nitrogen and oxygen atoms in total. The molecule has 1 amide bonds. The molecule has 4 atom stereocenters. The number of anilines is 1. The highest BCUT2D eigenvalue weighted by molar-refractivity contribution is 7.98. The molecule has 12 heteroatoms. The number of carbonyl (C=O) groups excluding carboxylic acids is 1. The van der Waals surface area contributed by atoms with Crippen LogP contribution in [0.5, 0.6) is 6.01 Å². The van der Waals surface area contributed by atoms with Gasteiger partial charge in [0.05, 0.1) is 23.0 Å². The summed E-state index contributed by atoms with van der Waals surface area (Å²) in [7, 11) is 0. The molecule has 0 aromatic carbocycles. The first kappa shape index (κ1) is 25.8. The van der Waals surface area contributed by atoms with Crippen LogP contribution in [-0.2, 0) is 4.74 Å². The van der Waals surface area contributed by atoms with Crippen LogP contribution < -0.4 is 9.64 Å². The summed E-state index contributed by atoms with van der Waals surface area (Å²) in [6, 6.07) is 0.328. The molecule has 2 aromatic rings. The fraction of sp³-hybridized carbons (Fsp3) is 0.731. The lowest BCUT2D eigenvalue weighted by Gasteiger charge is -2.42. The smallest absolute Gasteiger partial charge is 0.410 e. The van der Waals surface area contributed by atoms with E-state index in [2.05, 4.69) is 24.8 Å². The number of piperazine rings is 1. The van der Waals surface area contributed by atoms with Crippen molar-refractivity contribution in [3.8, 4) is 6.01 Å². The van der Waals surface area contributed by atoms with Crippen molar-refractivity contribution in [2.24, 2.45) is 0 Å². The number of nitrogens with zero attached hydrogens (tertiary/aromatic N) is 7. The van der Waals surface area contributed by atoms with Crippen molar-refractivity contribution in [2.75, 3.05) is 43.9 Å². The normalized spacial score (nSPS) is 29.2. The van der Waals surface area contributed by atoms with Crippen LogP contribution in [0.1, 0.15) is 52.9 Å². The van der Waals surface area contributed by atoms with Gasteiger partial charge in [-0.05, 0) is 59.3 Å². The lowest BCUT2D eigenvalue weighted by atomic mass is 9.95. The summed E-state index contributed by atoms with van der Waals surface area (Å²) in [5, 5.41) is 1.38. The van der Waals surface area contributed by atoms with Crippen LogP contribution in [0.25, 0.3) is 11.0 Å². The molecule has 0 aliphatic carbocycles. The monoisotopic (exact) mass is 545 g/mol.